The summed E-state index contributed by atoms with van der Waals surface area (Å²) in [5, 5.41) is 7.60. The van der Waals surface area contributed by atoms with Crippen molar-refractivity contribution in [3.63, 3.8) is 0 Å². The minimum atomic E-state index is -0.171. The molecule has 0 spiro atoms. The predicted molar refractivity (Wildman–Crippen MR) is 102 cm³/mol. The van der Waals surface area contributed by atoms with E-state index in [2.05, 4.69) is 41.4 Å². The van der Waals surface area contributed by atoms with Crippen molar-refractivity contribution >= 4 is 34.3 Å². The van der Waals surface area contributed by atoms with Crippen LogP contribution in [0.2, 0.25) is 0 Å². The molecule has 124 valence electrons. The van der Waals surface area contributed by atoms with Gasteiger partial charge in [-0.15, -0.1) is 22.7 Å². The van der Waals surface area contributed by atoms with Gasteiger partial charge in [-0.3, -0.25) is 4.79 Å². The number of nitrogens with zero attached hydrogens (tertiary/aromatic N) is 2. The molecule has 3 aromatic rings. The van der Waals surface area contributed by atoms with Gasteiger partial charge >= 0.3 is 0 Å². The van der Waals surface area contributed by atoms with Crippen LogP contribution in [0.5, 0.6) is 0 Å². The summed E-state index contributed by atoms with van der Waals surface area (Å²) in [7, 11) is 4.12. The van der Waals surface area contributed by atoms with Crippen LogP contribution < -0.4 is 5.32 Å². The number of anilines is 1. The Kier molecular flexibility index (Phi) is 5.40. The molecule has 1 N–H and O–H groups in total. The van der Waals surface area contributed by atoms with E-state index in [0.717, 1.165) is 28.5 Å². The van der Waals surface area contributed by atoms with Crippen LogP contribution in [-0.2, 0) is 6.42 Å². The standard InChI is InChI=1S/C18H19N3OS2/c1-21(2)10-9-13-5-7-14(8-6-13)19-17(22)15-12-24-18(20-15)16-4-3-11-23-16/h3-8,11-12H,9-10H2,1-2H3,(H,19,22). The molecule has 2 aromatic heterocycles. The minimum absolute atomic E-state index is 0.171. The Morgan fingerprint density at radius 3 is 2.62 bits per heavy atom. The van der Waals surface area contributed by atoms with Crippen LogP contribution in [0.3, 0.4) is 0 Å². The number of aromatic nitrogens is 1. The van der Waals surface area contributed by atoms with Crippen LogP contribution in [0.15, 0.2) is 47.2 Å². The maximum atomic E-state index is 12.3. The van der Waals surface area contributed by atoms with Crippen molar-refractivity contribution in [1.82, 2.24) is 9.88 Å². The van der Waals surface area contributed by atoms with Gasteiger partial charge in [0.1, 0.15) is 10.7 Å². The molecule has 0 saturated carbocycles. The number of hydrogen-bond acceptors (Lipinski definition) is 5. The second-order valence-corrected chi connectivity index (χ2v) is 7.53. The zero-order chi connectivity index (χ0) is 16.9. The molecule has 2 heterocycles. The van der Waals surface area contributed by atoms with E-state index < -0.39 is 0 Å². The minimum Gasteiger partial charge on any atom is -0.321 e. The summed E-state index contributed by atoms with van der Waals surface area (Å²) in [6.07, 6.45) is 0.998. The van der Waals surface area contributed by atoms with Crippen LogP contribution >= 0.6 is 22.7 Å². The number of thiazole rings is 1. The fraction of sp³-hybridized carbons (Fsp3) is 0.222. The first-order valence-corrected chi connectivity index (χ1v) is 9.42. The van der Waals surface area contributed by atoms with Crippen molar-refractivity contribution in [2.24, 2.45) is 0 Å². The molecule has 0 unspecified atom stereocenters. The largest absolute Gasteiger partial charge is 0.321 e. The van der Waals surface area contributed by atoms with Gasteiger partial charge in [0, 0.05) is 17.6 Å². The van der Waals surface area contributed by atoms with Gasteiger partial charge in [0.05, 0.1) is 4.88 Å². The Balaban J connectivity index is 1.62. The fourth-order valence-electron chi connectivity index (χ4n) is 2.19. The number of nitrogens with one attached hydrogen (secondary N) is 1. The van der Waals surface area contributed by atoms with E-state index in [1.54, 1.807) is 16.7 Å². The van der Waals surface area contributed by atoms with E-state index in [9.17, 15) is 4.79 Å². The molecule has 0 saturated heterocycles. The van der Waals surface area contributed by atoms with Crippen molar-refractivity contribution in [2.75, 3.05) is 26.0 Å². The summed E-state index contributed by atoms with van der Waals surface area (Å²) in [4.78, 5) is 20.0. The maximum absolute atomic E-state index is 12.3. The summed E-state index contributed by atoms with van der Waals surface area (Å²) >= 11 is 3.12. The first-order chi connectivity index (χ1) is 11.6. The maximum Gasteiger partial charge on any atom is 0.275 e. The number of amides is 1. The molecule has 1 aromatic carbocycles. The lowest BCUT2D eigenvalue weighted by Crippen LogP contribution is -2.15. The van der Waals surface area contributed by atoms with Crippen LogP contribution in [0.4, 0.5) is 5.69 Å². The molecular weight excluding hydrogens is 338 g/mol. The van der Waals surface area contributed by atoms with Crippen molar-refractivity contribution in [3.8, 4) is 9.88 Å². The molecule has 4 nitrogen and oxygen atoms in total. The third-order valence-electron chi connectivity index (χ3n) is 3.53. The van der Waals surface area contributed by atoms with Gasteiger partial charge in [0.2, 0.25) is 0 Å². The van der Waals surface area contributed by atoms with Crippen LogP contribution in [0, 0.1) is 0 Å². The Bertz CT molecular complexity index is 792. The number of benzene rings is 1. The van der Waals surface area contributed by atoms with Gasteiger partial charge in [-0.25, -0.2) is 4.98 Å². The molecular formula is C18H19N3OS2. The van der Waals surface area contributed by atoms with Crippen molar-refractivity contribution in [2.45, 2.75) is 6.42 Å². The topological polar surface area (TPSA) is 45.2 Å². The van der Waals surface area contributed by atoms with Gasteiger partial charge in [-0.2, -0.15) is 0 Å². The lowest BCUT2D eigenvalue weighted by molar-refractivity contribution is 0.102. The molecule has 0 bridgehead atoms. The molecule has 3 rings (SSSR count). The van der Waals surface area contributed by atoms with E-state index in [4.69, 9.17) is 0 Å². The SMILES string of the molecule is CN(C)CCc1ccc(NC(=O)c2csc(-c3cccs3)n2)cc1. The fourth-order valence-corrected chi connectivity index (χ4v) is 3.81. The van der Waals surface area contributed by atoms with Crippen LogP contribution in [0.25, 0.3) is 9.88 Å². The first kappa shape index (κ1) is 16.8. The molecule has 0 aliphatic carbocycles. The highest BCUT2D eigenvalue weighted by atomic mass is 32.1. The Morgan fingerprint density at radius 2 is 1.96 bits per heavy atom. The predicted octanol–water partition coefficient (Wildman–Crippen LogP) is 4.23. The molecule has 0 aliphatic heterocycles. The smallest absolute Gasteiger partial charge is 0.275 e. The molecule has 1 amide bonds. The number of hydrogen-bond donors (Lipinski definition) is 1. The van der Waals surface area contributed by atoms with E-state index in [1.165, 1.54) is 16.9 Å². The highest BCUT2D eigenvalue weighted by Crippen LogP contribution is 2.28. The summed E-state index contributed by atoms with van der Waals surface area (Å²) in [6.45, 7) is 1.01. The molecule has 24 heavy (non-hydrogen) atoms. The first-order valence-electron chi connectivity index (χ1n) is 7.66. The summed E-state index contributed by atoms with van der Waals surface area (Å²) < 4.78 is 0. The van der Waals surface area contributed by atoms with Crippen molar-refractivity contribution < 1.29 is 4.79 Å². The van der Waals surface area contributed by atoms with Gasteiger partial charge in [-0.05, 0) is 49.7 Å². The molecule has 0 aliphatic rings. The van der Waals surface area contributed by atoms with Crippen LogP contribution in [-0.4, -0.2) is 36.4 Å². The third kappa shape index (κ3) is 4.29. The van der Waals surface area contributed by atoms with E-state index in [0.29, 0.717) is 5.69 Å². The Hall–Kier alpha value is -2.02. The molecule has 6 heteroatoms. The van der Waals surface area contributed by atoms with E-state index in [-0.39, 0.29) is 5.91 Å². The number of likely N-dealkylation sites (N-methyl/N-ethyl adjacent to an activating group) is 1. The van der Waals surface area contributed by atoms with Crippen molar-refractivity contribution in [1.29, 1.82) is 0 Å². The van der Waals surface area contributed by atoms with E-state index in [1.807, 2.05) is 29.6 Å². The van der Waals surface area contributed by atoms with Gasteiger partial charge < -0.3 is 10.2 Å². The van der Waals surface area contributed by atoms with Crippen molar-refractivity contribution in [3.05, 3.63) is 58.4 Å². The van der Waals surface area contributed by atoms with Crippen LogP contribution in [0.1, 0.15) is 16.1 Å². The zero-order valence-electron chi connectivity index (χ0n) is 13.7. The monoisotopic (exact) mass is 357 g/mol. The quantitative estimate of drug-likeness (QED) is 0.718. The molecule has 0 fully saturated rings. The second-order valence-electron chi connectivity index (χ2n) is 5.72. The summed E-state index contributed by atoms with van der Waals surface area (Å²) in [5.74, 6) is -0.171. The van der Waals surface area contributed by atoms with Gasteiger partial charge in [0.25, 0.3) is 5.91 Å². The van der Waals surface area contributed by atoms with E-state index >= 15 is 0 Å². The third-order valence-corrected chi connectivity index (χ3v) is 5.41. The normalized spacial score (nSPS) is 11.0. The molecule has 0 radical (unpaired) electrons. The summed E-state index contributed by atoms with van der Waals surface area (Å²) in [6, 6.07) is 12.0. The number of carbonyl (C=O) groups excluding carboxylic acids is 1. The Morgan fingerprint density at radius 1 is 1.17 bits per heavy atom. The average Bonchev–Trinajstić information content (AvgIpc) is 3.25. The lowest BCUT2D eigenvalue weighted by Gasteiger charge is -2.09. The zero-order valence-corrected chi connectivity index (χ0v) is 15.3. The highest BCUT2D eigenvalue weighted by Gasteiger charge is 2.12. The lowest BCUT2D eigenvalue weighted by atomic mass is 10.1. The van der Waals surface area contributed by atoms with Gasteiger partial charge in [-0.1, -0.05) is 18.2 Å². The Labute approximate surface area is 149 Å². The summed E-state index contributed by atoms with van der Waals surface area (Å²) in [5.41, 5.74) is 2.51. The average molecular weight is 358 g/mol. The van der Waals surface area contributed by atoms with Gasteiger partial charge in [0.15, 0.2) is 0 Å². The number of rotatable bonds is 6. The number of thiophene rings is 1. The number of carbonyl (C=O) groups is 1. The highest BCUT2D eigenvalue weighted by molar-refractivity contribution is 7.20. The molecule has 0 atom stereocenters. The second kappa shape index (κ2) is 7.70.